The van der Waals surface area contributed by atoms with E-state index in [1.165, 1.54) is 12.8 Å². The van der Waals surface area contributed by atoms with Gasteiger partial charge in [0.05, 0.1) is 6.42 Å². The molecule has 1 aliphatic rings. The molecule has 1 saturated heterocycles. The zero-order chi connectivity index (χ0) is 13.7. The average molecular weight is 262 g/mol. The minimum Gasteiger partial charge on any atom is -0.508 e. The molecule has 2 rings (SSSR count). The molecular formula is C15H22N2O2. The molecule has 1 fully saturated rings. The topological polar surface area (TPSA) is 61.4 Å². The number of nitrogens with one attached hydrogen (secondary N) is 2. The maximum atomic E-state index is 11.9. The molecule has 0 saturated carbocycles. The van der Waals surface area contributed by atoms with Crippen LogP contribution in [0.3, 0.4) is 0 Å². The summed E-state index contributed by atoms with van der Waals surface area (Å²) in [5.74, 6) is 0.738. The molecule has 2 atom stereocenters. The van der Waals surface area contributed by atoms with Gasteiger partial charge < -0.3 is 15.7 Å². The Bertz CT molecular complexity index is 434. The molecule has 0 spiro atoms. The second-order valence-electron chi connectivity index (χ2n) is 5.29. The SMILES string of the molecule is CC1CCCNC1CNC(=O)Cc1ccccc1O. The number of para-hydroxylation sites is 1. The van der Waals surface area contributed by atoms with E-state index in [1.807, 2.05) is 6.07 Å². The Balaban J connectivity index is 1.80. The number of benzene rings is 1. The van der Waals surface area contributed by atoms with Crippen LogP contribution < -0.4 is 10.6 Å². The predicted molar refractivity (Wildman–Crippen MR) is 75.0 cm³/mol. The van der Waals surface area contributed by atoms with Gasteiger partial charge in [0.25, 0.3) is 0 Å². The van der Waals surface area contributed by atoms with Gasteiger partial charge in [-0.1, -0.05) is 25.1 Å². The predicted octanol–water partition coefficient (Wildman–Crippen LogP) is 1.44. The van der Waals surface area contributed by atoms with E-state index < -0.39 is 0 Å². The summed E-state index contributed by atoms with van der Waals surface area (Å²) in [6.07, 6.45) is 2.66. The van der Waals surface area contributed by atoms with Crippen LogP contribution in [0.2, 0.25) is 0 Å². The minimum atomic E-state index is -0.0407. The van der Waals surface area contributed by atoms with Crippen LogP contribution in [0.15, 0.2) is 24.3 Å². The normalized spacial score (nSPS) is 23.0. The second-order valence-corrected chi connectivity index (χ2v) is 5.29. The molecule has 1 aliphatic heterocycles. The highest BCUT2D eigenvalue weighted by Gasteiger charge is 2.21. The number of rotatable bonds is 4. The number of aromatic hydroxyl groups is 1. The lowest BCUT2D eigenvalue weighted by Gasteiger charge is -2.30. The van der Waals surface area contributed by atoms with E-state index in [0.717, 1.165) is 6.54 Å². The lowest BCUT2D eigenvalue weighted by molar-refractivity contribution is -0.120. The van der Waals surface area contributed by atoms with Crippen molar-refractivity contribution in [3.05, 3.63) is 29.8 Å². The van der Waals surface area contributed by atoms with Gasteiger partial charge in [-0.15, -0.1) is 0 Å². The minimum absolute atomic E-state index is 0.0407. The zero-order valence-corrected chi connectivity index (χ0v) is 11.4. The highest BCUT2D eigenvalue weighted by molar-refractivity contribution is 5.79. The largest absolute Gasteiger partial charge is 0.508 e. The molecule has 1 aromatic rings. The number of hydrogen-bond donors (Lipinski definition) is 3. The van der Waals surface area contributed by atoms with Crippen molar-refractivity contribution in [2.75, 3.05) is 13.1 Å². The number of amides is 1. The van der Waals surface area contributed by atoms with Crippen LogP contribution in [-0.2, 0) is 11.2 Å². The monoisotopic (exact) mass is 262 g/mol. The first-order chi connectivity index (χ1) is 9.16. The molecule has 0 bridgehead atoms. The van der Waals surface area contributed by atoms with E-state index in [9.17, 15) is 9.90 Å². The number of phenols is 1. The number of carbonyl (C=O) groups is 1. The van der Waals surface area contributed by atoms with Gasteiger partial charge in [0.1, 0.15) is 5.75 Å². The zero-order valence-electron chi connectivity index (χ0n) is 11.4. The van der Waals surface area contributed by atoms with E-state index in [2.05, 4.69) is 17.6 Å². The van der Waals surface area contributed by atoms with E-state index in [-0.39, 0.29) is 18.1 Å². The molecule has 19 heavy (non-hydrogen) atoms. The Labute approximate surface area is 114 Å². The van der Waals surface area contributed by atoms with E-state index in [1.54, 1.807) is 18.2 Å². The Morgan fingerprint density at radius 3 is 3.00 bits per heavy atom. The van der Waals surface area contributed by atoms with Crippen LogP contribution in [0.5, 0.6) is 5.75 Å². The van der Waals surface area contributed by atoms with Crippen molar-refractivity contribution in [2.24, 2.45) is 5.92 Å². The van der Waals surface area contributed by atoms with Gasteiger partial charge in [-0.25, -0.2) is 0 Å². The van der Waals surface area contributed by atoms with Crippen molar-refractivity contribution in [3.63, 3.8) is 0 Å². The number of piperidine rings is 1. The molecule has 3 N–H and O–H groups in total. The molecule has 104 valence electrons. The molecule has 1 aromatic carbocycles. The van der Waals surface area contributed by atoms with Crippen molar-refractivity contribution < 1.29 is 9.90 Å². The van der Waals surface area contributed by atoms with Crippen LogP contribution in [0, 0.1) is 5.92 Å². The van der Waals surface area contributed by atoms with Crippen molar-refractivity contribution in [1.82, 2.24) is 10.6 Å². The third-order valence-corrected chi connectivity index (χ3v) is 3.79. The number of phenolic OH excluding ortho intramolecular Hbond substituents is 1. The first kappa shape index (κ1) is 13.9. The Kier molecular flexibility index (Phi) is 4.80. The maximum absolute atomic E-state index is 11.9. The second kappa shape index (κ2) is 6.57. The summed E-state index contributed by atoms with van der Waals surface area (Å²) >= 11 is 0. The molecule has 4 heteroatoms. The number of carbonyl (C=O) groups excluding carboxylic acids is 1. The van der Waals surface area contributed by atoms with E-state index in [4.69, 9.17) is 0 Å². The summed E-state index contributed by atoms with van der Waals surface area (Å²) in [5, 5.41) is 16.0. The van der Waals surface area contributed by atoms with E-state index in [0.29, 0.717) is 24.1 Å². The maximum Gasteiger partial charge on any atom is 0.224 e. The molecule has 2 unspecified atom stereocenters. The van der Waals surface area contributed by atoms with Crippen LogP contribution in [-0.4, -0.2) is 30.1 Å². The number of hydrogen-bond acceptors (Lipinski definition) is 3. The third-order valence-electron chi connectivity index (χ3n) is 3.79. The molecular weight excluding hydrogens is 240 g/mol. The third kappa shape index (κ3) is 3.96. The molecule has 0 aromatic heterocycles. The summed E-state index contributed by atoms with van der Waals surface area (Å²) in [7, 11) is 0. The molecule has 1 heterocycles. The van der Waals surface area contributed by atoms with Gasteiger partial charge in [-0.05, 0) is 31.4 Å². The highest BCUT2D eigenvalue weighted by Crippen LogP contribution is 2.16. The van der Waals surface area contributed by atoms with Gasteiger partial charge >= 0.3 is 0 Å². The Morgan fingerprint density at radius 1 is 1.47 bits per heavy atom. The van der Waals surface area contributed by atoms with Gasteiger partial charge in [0.2, 0.25) is 5.91 Å². The smallest absolute Gasteiger partial charge is 0.224 e. The van der Waals surface area contributed by atoms with Gasteiger partial charge in [0, 0.05) is 18.2 Å². The van der Waals surface area contributed by atoms with Gasteiger partial charge in [-0.2, -0.15) is 0 Å². The fourth-order valence-corrected chi connectivity index (χ4v) is 2.51. The molecule has 1 amide bonds. The Morgan fingerprint density at radius 2 is 2.26 bits per heavy atom. The molecule has 0 radical (unpaired) electrons. The van der Waals surface area contributed by atoms with Crippen LogP contribution in [0.1, 0.15) is 25.3 Å². The standard InChI is InChI=1S/C15H22N2O2/c1-11-5-4-8-16-13(11)10-17-15(19)9-12-6-2-3-7-14(12)18/h2-3,6-7,11,13,16,18H,4-5,8-10H2,1H3,(H,17,19). The lowest BCUT2D eigenvalue weighted by Crippen LogP contribution is -2.48. The van der Waals surface area contributed by atoms with Crippen LogP contribution in [0.4, 0.5) is 0 Å². The van der Waals surface area contributed by atoms with Crippen molar-refractivity contribution >= 4 is 5.91 Å². The fourth-order valence-electron chi connectivity index (χ4n) is 2.51. The van der Waals surface area contributed by atoms with Gasteiger partial charge in [-0.3, -0.25) is 4.79 Å². The first-order valence-electron chi connectivity index (χ1n) is 6.94. The summed E-state index contributed by atoms with van der Waals surface area (Å²) < 4.78 is 0. The lowest BCUT2D eigenvalue weighted by atomic mass is 9.93. The molecule has 0 aliphatic carbocycles. The fraction of sp³-hybridized carbons (Fsp3) is 0.533. The van der Waals surface area contributed by atoms with Crippen LogP contribution >= 0.6 is 0 Å². The summed E-state index contributed by atoms with van der Waals surface area (Å²) in [6, 6.07) is 7.32. The van der Waals surface area contributed by atoms with Crippen molar-refractivity contribution in [1.29, 1.82) is 0 Å². The van der Waals surface area contributed by atoms with E-state index >= 15 is 0 Å². The summed E-state index contributed by atoms with van der Waals surface area (Å²) in [4.78, 5) is 11.9. The summed E-state index contributed by atoms with van der Waals surface area (Å²) in [6.45, 7) is 3.91. The Hall–Kier alpha value is -1.55. The molecule has 4 nitrogen and oxygen atoms in total. The quantitative estimate of drug-likeness (QED) is 0.769. The van der Waals surface area contributed by atoms with Crippen molar-refractivity contribution in [3.8, 4) is 5.75 Å². The van der Waals surface area contributed by atoms with Gasteiger partial charge in [0.15, 0.2) is 0 Å². The summed E-state index contributed by atoms with van der Waals surface area (Å²) in [5.41, 5.74) is 0.671. The highest BCUT2D eigenvalue weighted by atomic mass is 16.3. The first-order valence-corrected chi connectivity index (χ1v) is 6.94. The van der Waals surface area contributed by atoms with Crippen molar-refractivity contribution in [2.45, 2.75) is 32.2 Å². The van der Waals surface area contributed by atoms with Crippen LogP contribution in [0.25, 0.3) is 0 Å². The average Bonchev–Trinajstić information content (AvgIpc) is 2.40.